The molecule has 1 N–H and O–H groups in total. The van der Waals surface area contributed by atoms with Crippen LogP contribution in [0.3, 0.4) is 0 Å². The Labute approximate surface area is 120 Å². The Morgan fingerprint density at radius 2 is 2.00 bits per heavy atom. The molecule has 1 aromatic heterocycles. The number of nitrogens with one attached hydrogen (secondary N) is 1. The van der Waals surface area contributed by atoms with E-state index in [0.29, 0.717) is 6.54 Å². The lowest BCUT2D eigenvalue weighted by Gasteiger charge is -2.31. The summed E-state index contributed by atoms with van der Waals surface area (Å²) in [6.07, 6.45) is 7.84. The third-order valence-electron chi connectivity index (χ3n) is 4.08. The molecule has 0 aromatic carbocycles. The minimum Gasteiger partial charge on any atom is -0.377 e. The van der Waals surface area contributed by atoms with Crippen LogP contribution in [-0.4, -0.2) is 37.5 Å². The molecule has 6 nitrogen and oxygen atoms in total. The number of methoxy groups -OCH3 is 1. The average molecular weight is 301 g/mol. The van der Waals surface area contributed by atoms with E-state index < -0.39 is 10.0 Å². The molecule has 1 fully saturated rings. The van der Waals surface area contributed by atoms with Gasteiger partial charge < -0.3 is 4.74 Å². The first-order chi connectivity index (χ1) is 9.49. The molecule has 2 rings (SSSR count). The maximum absolute atomic E-state index is 12.3. The summed E-state index contributed by atoms with van der Waals surface area (Å²) in [6.45, 7) is 0.316. The van der Waals surface area contributed by atoms with Gasteiger partial charge >= 0.3 is 0 Å². The van der Waals surface area contributed by atoms with Crippen LogP contribution < -0.4 is 4.72 Å². The zero-order chi connectivity index (χ0) is 14.6. The zero-order valence-electron chi connectivity index (χ0n) is 12.1. The van der Waals surface area contributed by atoms with Gasteiger partial charge in [0.05, 0.1) is 11.8 Å². The smallest absolute Gasteiger partial charge is 0.257 e. The Bertz CT molecular complexity index is 531. The first-order valence-electron chi connectivity index (χ1n) is 7.02. The van der Waals surface area contributed by atoms with E-state index in [1.165, 1.54) is 29.8 Å². The minimum atomic E-state index is -3.54. The van der Waals surface area contributed by atoms with E-state index >= 15 is 0 Å². The molecular weight excluding hydrogens is 278 g/mol. The fraction of sp³-hybridized carbons (Fsp3) is 0.769. The van der Waals surface area contributed by atoms with Crippen LogP contribution in [0, 0.1) is 0 Å². The van der Waals surface area contributed by atoms with E-state index in [1.54, 1.807) is 14.2 Å². The highest BCUT2D eigenvalue weighted by atomic mass is 32.2. The minimum absolute atomic E-state index is 0.178. The lowest BCUT2D eigenvalue weighted by atomic mass is 9.94. The molecule has 0 amide bonds. The molecule has 7 heteroatoms. The number of aryl methyl sites for hydroxylation is 1. The van der Waals surface area contributed by atoms with E-state index in [-0.39, 0.29) is 10.6 Å². The molecule has 1 heterocycles. The van der Waals surface area contributed by atoms with Crippen molar-refractivity contribution in [3.63, 3.8) is 0 Å². The fourth-order valence-electron chi connectivity index (χ4n) is 2.75. The molecular formula is C13H23N3O3S. The number of hydrogen-bond acceptors (Lipinski definition) is 4. The molecule has 1 aromatic rings. The molecule has 0 spiro atoms. The van der Waals surface area contributed by atoms with Gasteiger partial charge in [-0.1, -0.05) is 25.7 Å². The Balaban J connectivity index is 2.08. The fourth-order valence-corrected chi connectivity index (χ4v) is 3.99. The number of aromatic nitrogens is 2. The van der Waals surface area contributed by atoms with Gasteiger partial charge in [0, 0.05) is 20.7 Å². The molecule has 20 heavy (non-hydrogen) atoms. The summed E-state index contributed by atoms with van der Waals surface area (Å²) in [7, 11) is -0.249. The topological polar surface area (TPSA) is 73.2 Å². The van der Waals surface area contributed by atoms with Crippen molar-refractivity contribution < 1.29 is 13.2 Å². The van der Waals surface area contributed by atoms with Gasteiger partial charge in [-0.3, -0.25) is 4.68 Å². The Kier molecular flexibility index (Phi) is 4.82. The molecule has 1 aliphatic carbocycles. The molecule has 1 aliphatic rings. The third kappa shape index (κ3) is 3.39. The highest BCUT2D eigenvalue weighted by Gasteiger charge is 2.32. The highest BCUT2D eigenvalue weighted by Crippen LogP contribution is 2.29. The number of hydrogen-bond donors (Lipinski definition) is 1. The monoisotopic (exact) mass is 301 g/mol. The van der Waals surface area contributed by atoms with Crippen molar-refractivity contribution in [1.82, 2.24) is 14.5 Å². The van der Waals surface area contributed by atoms with Gasteiger partial charge in [-0.15, -0.1) is 0 Å². The van der Waals surface area contributed by atoms with E-state index in [0.717, 1.165) is 25.7 Å². The molecule has 0 unspecified atom stereocenters. The van der Waals surface area contributed by atoms with Crippen molar-refractivity contribution in [2.24, 2.45) is 7.05 Å². The molecule has 0 radical (unpaired) electrons. The third-order valence-corrected chi connectivity index (χ3v) is 5.56. The van der Waals surface area contributed by atoms with E-state index in [1.807, 2.05) is 0 Å². The van der Waals surface area contributed by atoms with Crippen LogP contribution in [0.4, 0.5) is 0 Å². The molecule has 1 saturated carbocycles. The van der Waals surface area contributed by atoms with E-state index in [2.05, 4.69) is 9.82 Å². The lowest BCUT2D eigenvalue weighted by Crippen LogP contribution is -2.44. The summed E-state index contributed by atoms with van der Waals surface area (Å²) in [4.78, 5) is 0. The van der Waals surface area contributed by atoms with Crippen LogP contribution in [0.1, 0.15) is 38.5 Å². The van der Waals surface area contributed by atoms with Gasteiger partial charge in [0.25, 0.3) is 10.0 Å². The van der Waals surface area contributed by atoms with Crippen LogP contribution in [0.25, 0.3) is 0 Å². The maximum atomic E-state index is 12.3. The van der Waals surface area contributed by atoms with Crippen molar-refractivity contribution >= 4 is 10.0 Å². The van der Waals surface area contributed by atoms with Gasteiger partial charge in [-0.05, 0) is 18.9 Å². The molecule has 0 bridgehead atoms. The van der Waals surface area contributed by atoms with Crippen molar-refractivity contribution in [3.05, 3.63) is 12.3 Å². The van der Waals surface area contributed by atoms with Crippen molar-refractivity contribution in [2.45, 2.75) is 49.2 Å². The van der Waals surface area contributed by atoms with Crippen LogP contribution >= 0.6 is 0 Å². The Morgan fingerprint density at radius 3 is 2.50 bits per heavy atom. The standard InChI is InChI=1S/C13H23N3O3S/c1-16-12(7-10-14-16)20(17,18)15-11-13(19-2)8-5-3-4-6-9-13/h7,10,15H,3-6,8-9,11H2,1-2H3. The van der Waals surface area contributed by atoms with Gasteiger partial charge in [0.2, 0.25) is 0 Å². The molecule has 0 aliphatic heterocycles. The summed E-state index contributed by atoms with van der Waals surface area (Å²) < 4.78 is 34.2. The van der Waals surface area contributed by atoms with Gasteiger partial charge in [0.15, 0.2) is 5.03 Å². The van der Waals surface area contributed by atoms with Crippen LogP contribution in [0.15, 0.2) is 17.3 Å². The number of sulfonamides is 1. The van der Waals surface area contributed by atoms with Gasteiger partial charge in [0.1, 0.15) is 0 Å². The van der Waals surface area contributed by atoms with Crippen molar-refractivity contribution in [1.29, 1.82) is 0 Å². The summed E-state index contributed by atoms with van der Waals surface area (Å²) in [6, 6.07) is 1.49. The van der Waals surface area contributed by atoms with Crippen LogP contribution in [-0.2, 0) is 21.8 Å². The Morgan fingerprint density at radius 1 is 1.35 bits per heavy atom. The van der Waals surface area contributed by atoms with Crippen LogP contribution in [0.2, 0.25) is 0 Å². The van der Waals surface area contributed by atoms with E-state index in [4.69, 9.17) is 4.74 Å². The van der Waals surface area contributed by atoms with E-state index in [9.17, 15) is 8.42 Å². The van der Waals surface area contributed by atoms with Crippen molar-refractivity contribution in [3.8, 4) is 0 Å². The summed E-state index contributed by atoms with van der Waals surface area (Å²) in [5.74, 6) is 0. The summed E-state index contributed by atoms with van der Waals surface area (Å²) >= 11 is 0. The van der Waals surface area contributed by atoms with Gasteiger partial charge in [-0.2, -0.15) is 5.10 Å². The second-order valence-corrected chi connectivity index (χ2v) is 7.13. The predicted molar refractivity (Wildman–Crippen MR) is 75.8 cm³/mol. The first kappa shape index (κ1) is 15.5. The summed E-state index contributed by atoms with van der Waals surface area (Å²) in [5, 5.41) is 4.07. The van der Waals surface area contributed by atoms with Gasteiger partial charge in [-0.25, -0.2) is 13.1 Å². The number of ether oxygens (including phenoxy) is 1. The Hall–Kier alpha value is -0.920. The second-order valence-electron chi connectivity index (χ2n) is 5.42. The lowest BCUT2D eigenvalue weighted by molar-refractivity contribution is -0.0176. The molecule has 114 valence electrons. The highest BCUT2D eigenvalue weighted by molar-refractivity contribution is 7.89. The second kappa shape index (κ2) is 6.24. The largest absolute Gasteiger partial charge is 0.377 e. The van der Waals surface area contributed by atoms with Crippen LogP contribution in [0.5, 0.6) is 0 Å². The predicted octanol–water partition coefficient (Wildman–Crippen LogP) is 1.44. The number of nitrogens with zero attached hydrogens (tertiary/aromatic N) is 2. The maximum Gasteiger partial charge on any atom is 0.257 e. The normalized spacial score (nSPS) is 19.7. The summed E-state index contributed by atoms with van der Waals surface area (Å²) in [5.41, 5.74) is -0.373. The zero-order valence-corrected chi connectivity index (χ0v) is 12.9. The molecule has 0 saturated heterocycles. The molecule has 0 atom stereocenters. The SMILES string of the molecule is COC1(CNS(=O)(=O)c2ccnn2C)CCCCCC1. The average Bonchev–Trinajstić information content (AvgIpc) is 2.74. The quantitative estimate of drug-likeness (QED) is 0.835. The number of rotatable bonds is 5. The van der Waals surface area contributed by atoms with Crippen molar-refractivity contribution in [2.75, 3.05) is 13.7 Å². The first-order valence-corrected chi connectivity index (χ1v) is 8.50.